The highest BCUT2D eigenvalue weighted by atomic mass is 32.1. The molecular weight excluding hydrogens is 342 g/mol. The van der Waals surface area contributed by atoms with E-state index in [1.165, 1.54) is 38.5 Å². The van der Waals surface area contributed by atoms with E-state index in [4.69, 9.17) is 4.98 Å². The number of hydrogen-bond donors (Lipinski definition) is 1. The molecule has 1 N–H and O–H groups in total. The Hall–Kier alpha value is -1.88. The van der Waals surface area contributed by atoms with Gasteiger partial charge in [-0.2, -0.15) is 0 Å². The predicted octanol–water partition coefficient (Wildman–Crippen LogP) is 4.86. The van der Waals surface area contributed by atoms with Gasteiger partial charge < -0.3 is 10.2 Å². The number of rotatable bonds is 4. The minimum absolute atomic E-state index is 0.0523. The molecule has 4 nitrogen and oxygen atoms in total. The van der Waals surface area contributed by atoms with Crippen molar-refractivity contribution in [3.8, 4) is 11.3 Å². The molecule has 0 bridgehead atoms. The van der Waals surface area contributed by atoms with Crippen molar-refractivity contribution in [2.75, 3.05) is 18.0 Å². The van der Waals surface area contributed by atoms with Gasteiger partial charge in [0.2, 0.25) is 0 Å². The zero-order chi connectivity index (χ0) is 17.8. The fraction of sp³-hybridized carbons (Fsp3) is 0.524. The topological polar surface area (TPSA) is 45.2 Å². The highest BCUT2D eigenvalue weighted by Crippen LogP contribution is 2.34. The third-order valence-electron chi connectivity index (χ3n) is 5.44. The Labute approximate surface area is 159 Å². The number of piperidine rings is 1. The minimum atomic E-state index is 0.0523. The van der Waals surface area contributed by atoms with Crippen molar-refractivity contribution in [2.45, 2.75) is 57.4 Å². The quantitative estimate of drug-likeness (QED) is 0.837. The molecule has 1 saturated carbocycles. The molecule has 0 unspecified atom stereocenters. The van der Waals surface area contributed by atoms with Crippen LogP contribution in [-0.4, -0.2) is 30.0 Å². The highest BCUT2D eigenvalue weighted by molar-refractivity contribution is 7.18. The Morgan fingerprint density at radius 3 is 2.42 bits per heavy atom. The average Bonchev–Trinajstić information content (AvgIpc) is 3.16. The van der Waals surface area contributed by atoms with Gasteiger partial charge in [0.05, 0.1) is 5.69 Å². The van der Waals surface area contributed by atoms with Gasteiger partial charge in [-0.1, -0.05) is 60.9 Å². The minimum Gasteiger partial charge on any atom is -0.349 e. The number of nitrogens with zero attached hydrogens (tertiary/aromatic N) is 2. The Morgan fingerprint density at radius 2 is 1.69 bits per heavy atom. The number of anilines is 1. The molecule has 1 amide bonds. The van der Waals surface area contributed by atoms with Crippen molar-refractivity contribution >= 4 is 22.4 Å². The van der Waals surface area contributed by atoms with Crippen molar-refractivity contribution in [1.29, 1.82) is 0 Å². The summed E-state index contributed by atoms with van der Waals surface area (Å²) in [5, 5.41) is 4.27. The second-order valence-electron chi connectivity index (χ2n) is 7.40. The molecule has 0 radical (unpaired) electrons. The summed E-state index contributed by atoms with van der Waals surface area (Å²) in [4.78, 5) is 21.1. The fourth-order valence-electron chi connectivity index (χ4n) is 3.97. The van der Waals surface area contributed by atoms with Gasteiger partial charge in [-0.25, -0.2) is 4.98 Å². The summed E-state index contributed by atoms with van der Waals surface area (Å²) in [5.74, 6) is 0.0523. The van der Waals surface area contributed by atoms with E-state index in [1.54, 1.807) is 11.3 Å². The Balaban J connectivity index is 1.62. The molecule has 0 spiro atoms. The van der Waals surface area contributed by atoms with Crippen molar-refractivity contribution in [3.63, 3.8) is 0 Å². The first kappa shape index (κ1) is 17.5. The van der Waals surface area contributed by atoms with Crippen molar-refractivity contribution in [1.82, 2.24) is 10.3 Å². The van der Waals surface area contributed by atoms with Gasteiger partial charge in [0.15, 0.2) is 5.13 Å². The highest BCUT2D eigenvalue weighted by Gasteiger charge is 2.25. The maximum absolute atomic E-state index is 13.0. The molecule has 5 heteroatoms. The van der Waals surface area contributed by atoms with Gasteiger partial charge >= 0.3 is 0 Å². The molecule has 26 heavy (non-hydrogen) atoms. The van der Waals surface area contributed by atoms with Crippen LogP contribution >= 0.6 is 11.3 Å². The van der Waals surface area contributed by atoms with E-state index in [2.05, 4.69) is 10.2 Å². The summed E-state index contributed by atoms with van der Waals surface area (Å²) < 4.78 is 0. The molecule has 2 heterocycles. The molecule has 2 aliphatic rings. The molecule has 1 aliphatic heterocycles. The Kier molecular flexibility index (Phi) is 5.54. The summed E-state index contributed by atoms with van der Waals surface area (Å²) in [6, 6.07) is 10.4. The molecule has 138 valence electrons. The van der Waals surface area contributed by atoms with E-state index < -0.39 is 0 Å². The predicted molar refractivity (Wildman–Crippen MR) is 108 cm³/mol. The van der Waals surface area contributed by atoms with Crippen LogP contribution in [-0.2, 0) is 0 Å². The monoisotopic (exact) mass is 369 g/mol. The number of carbonyl (C=O) groups excluding carboxylic acids is 1. The number of amides is 1. The van der Waals surface area contributed by atoms with Gasteiger partial charge in [-0.3, -0.25) is 4.79 Å². The molecule has 1 aliphatic carbocycles. The zero-order valence-electron chi connectivity index (χ0n) is 15.2. The lowest BCUT2D eigenvalue weighted by Crippen LogP contribution is -2.36. The van der Waals surface area contributed by atoms with Crippen LogP contribution in [0.15, 0.2) is 30.3 Å². The van der Waals surface area contributed by atoms with Gasteiger partial charge in [0.25, 0.3) is 5.91 Å². The summed E-state index contributed by atoms with van der Waals surface area (Å²) in [5.41, 5.74) is 1.87. The Morgan fingerprint density at radius 1 is 1.00 bits per heavy atom. The number of thiazole rings is 1. The van der Waals surface area contributed by atoms with Crippen LogP contribution in [0.2, 0.25) is 0 Å². The second kappa shape index (κ2) is 8.21. The SMILES string of the molecule is O=C(NC1CCCCC1)c1sc(N2CCCCC2)nc1-c1ccccc1. The molecule has 2 aromatic rings. The van der Waals surface area contributed by atoms with Crippen molar-refractivity contribution in [3.05, 3.63) is 35.2 Å². The zero-order valence-corrected chi connectivity index (χ0v) is 16.1. The van der Waals surface area contributed by atoms with Gasteiger partial charge in [-0.15, -0.1) is 0 Å². The number of carbonyl (C=O) groups is 1. The van der Waals surface area contributed by atoms with E-state index in [9.17, 15) is 4.79 Å². The number of benzene rings is 1. The molecular formula is C21H27N3OS. The van der Waals surface area contributed by atoms with E-state index in [-0.39, 0.29) is 5.91 Å². The number of aromatic nitrogens is 1. The van der Waals surface area contributed by atoms with Crippen LogP contribution in [0.1, 0.15) is 61.0 Å². The molecule has 4 rings (SSSR count). The maximum atomic E-state index is 13.0. The van der Waals surface area contributed by atoms with E-state index in [0.717, 1.165) is 47.2 Å². The van der Waals surface area contributed by atoms with Crippen LogP contribution in [0.5, 0.6) is 0 Å². The van der Waals surface area contributed by atoms with Crippen molar-refractivity contribution in [2.24, 2.45) is 0 Å². The lowest BCUT2D eigenvalue weighted by Gasteiger charge is -2.25. The fourth-order valence-corrected chi connectivity index (χ4v) is 5.02. The first-order valence-corrected chi connectivity index (χ1v) is 10.7. The summed E-state index contributed by atoms with van der Waals surface area (Å²) >= 11 is 1.56. The van der Waals surface area contributed by atoms with E-state index in [0.29, 0.717) is 6.04 Å². The third kappa shape index (κ3) is 3.93. The summed E-state index contributed by atoms with van der Waals surface area (Å²) in [6.07, 6.45) is 9.66. The normalized spacial score (nSPS) is 18.7. The largest absolute Gasteiger partial charge is 0.349 e. The first-order valence-electron chi connectivity index (χ1n) is 9.93. The van der Waals surface area contributed by atoms with Gasteiger partial charge in [0.1, 0.15) is 4.88 Å². The number of nitrogens with one attached hydrogen (secondary N) is 1. The summed E-state index contributed by atoms with van der Waals surface area (Å²) in [7, 11) is 0. The van der Waals surface area contributed by atoms with Crippen LogP contribution in [0, 0.1) is 0 Å². The maximum Gasteiger partial charge on any atom is 0.263 e. The standard InChI is InChI=1S/C21H27N3OS/c25-20(22-17-12-6-2-7-13-17)19-18(16-10-4-1-5-11-16)23-21(26-19)24-14-8-3-9-15-24/h1,4-5,10-11,17H,2-3,6-9,12-15H2,(H,22,25). The molecule has 0 atom stereocenters. The van der Waals surface area contributed by atoms with Gasteiger partial charge in [0, 0.05) is 24.7 Å². The van der Waals surface area contributed by atoms with Gasteiger partial charge in [-0.05, 0) is 32.1 Å². The smallest absolute Gasteiger partial charge is 0.263 e. The van der Waals surface area contributed by atoms with Crippen LogP contribution in [0.3, 0.4) is 0 Å². The van der Waals surface area contributed by atoms with E-state index >= 15 is 0 Å². The molecule has 1 saturated heterocycles. The lowest BCUT2D eigenvalue weighted by atomic mass is 9.95. The molecule has 1 aromatic heterocycles. The Bertz CT molecular complexity index is 731. The molecule has 1 aromatic carbocycles. The van der Waals surface area contributed by atoms with E-state index in [1.807, 2.05) is 30.3 Å². The van der Waals surface area contributed by atoms with Crippen molar-refractivity contribution < 1.29 is 4.79 Å². The van der Waals surface area contributed by atoms with Crippen LogP contribution < -0.4 is 10.2 Å². The lowest BCUT2D eigenvalue weighted by molar-refractivity contribution is 0.0932. The second-order valence-corrected chi connectivity index (χ2v) is 8.37. The number of hydrogen-bond acceptors (Lipinski definition) is 4. The average molecular weight is 370 g/mol. The first-order chi connectivity index (χ1) is 12.8. The molecule has 2 fully saturated rings. The van der Waals surface area contributed by atoms with Crippen LogP contribution in [0.25, 0.3) is 11.3 Å². The van der Waals surface area contributed by atoms with Crippen LogP contribution in [0.4, 0.5) is 5.13 Å². The summed E-state index contributed by atoms with van der Waals surface area (Å²) in [6.45, 7) is 2.09. The third-order valence-corrected chi connectivity index (χ3v) is 6.55.